The summed E-state index contributed by atoms with van der Waals surface area (Å²) in [5.74, 6) is 0. The molecule has 15 aromatic rings. The van der Waals surface area contributed by atoms with Crippen LogP contribution < -0.4 is 0 Å². The molecule has 15 rings (SSSR count). The minimum Gasteiger partial charge on any atom is -0.309 e. The van der Waals surface area contributed by atoms with E-state index in [4.69, 9.17) is 0 Å². The van der Waals surface area contributed by atoms with Crippen LogP contribution >= 0.6 is 0 Å². The first-order chi connectivity index (χ1) is 29.3. The van der Waals surface area contributed by atoms with E-state index in [0.29, 0.717) is 0 Å². The van der Waals surface area contributed by atoms with Crippen molar-refractivity contribution in [2.45, 2.75) is 0 Å². The van der Waals surface area contributed by atoms with Crippen molar-refractivity contribution < 1.29 is 0 Å². The second-order valence-electron chi connectivity index (χ2n) is 16.4. The number of aromatic nitrogens is 3. The molecule has 0 spiro atoms. The Labute approximate surface area is 336 Å². The fourth-order valence-electron chi connectivity index (χ4n) is 11.3. The maximum absolute atomic E-state index is 2.59. The van der Waals surface area contributed by atoms with E-state index in [1.165, 1.54) is 136 Å². The Balaban J connectivity index is 1.09. The summed E-state index contributed by atoms with van der Waals surface area (Å²) in [6.07, 6.45) is 0. The largest absolute Gasteiger partial charge is 0.309 e. The molecule has 0 saturated carbocycles. The number of rotatable bonds is 2. The van der Waals surface area contributed by atoms with Crippen LogP contribution in [-0.4, -0.2) is 13.4 Å². The van der Waals surface area contributed by atoms with E-state index in [0.717, 1.165) is 0 Å². The fourth-order valence-corrected chi connectivity index (χ4v) is 11.3. The molecule has 0 N–H and O–H groups in total. The van der Waals surface area contributed by atoms with Crippen molar-refractivity contribution in [2.75, 3.05) is 0 Å². The number of hydrogen-bond donors (Lipinski definition) is 0. The zero-order chi connectivity index (χ0) is 38.1. The normalized spacial score (nSPS) is 12.7. The van der Waals surface area contributed by atoms with E-state index in [1.54, 1.807) is 0 Å². The Morgan fingerprint density at radius 2 is 0.881 bits per heavy atom. The lowest BCUT2D eigenvalue weighted by atomic mass is 9.97. The van der Waals surface area contributed by atoms with Crippen LogP contribution in [0.4, 0.5) is 0 Å². The van der Waals surface area contributed by atoms with Crippen LogP contribution in [0.1, 0.15) is 0 Å². The summed E-state index contributed by atoms with van der Waals surface area (Å²) in [4.78, 5) is 0. The summed E-state index contributed by atoms with van der Waals surface area (Å²) in [6, 6.07) is 70.3. The topological polar surface area (TPSA) is 13.8 Å². The fraction of sp³-hybridized carbons (Fsp3) is 0. The molecule has 10 aromatic carbocycles. The van der Waals surface area contributed by atoms with Gasteiger partial charge >= 0.3 is 0 Å². The lowest BCUT2D eigenvalue weighted by molar-refractivity contribution is 1.18. The van der Waals surface area contributed by atoms with Crippen LogP contribution in [0.15, 0.2) is 188 Å². The van der Waals surface area contributed by atoms with E-state index >= 15 is 0 Å². The lowest BCUT2D eigenvalue weighted by Gasteiger charge is -2.09. The second kappa shape index (κ2) is 10.5. The summed E-state index contributed by atoms with van der Waals surface area (Å²) in [5.41, 5.74) is 13.7. The molecule has 59 heavy (non-hydrogen) atoms. The van der Waals surface area contributed by atoms with Crippen molar-refractivity contribution in [3.05, 3.63) is 188 Å². The zero-order valence-corrected chi connectivity index (χ0v) is 31.7. The standard InChI is InChI=1S/C56H31N3/c1-2-14-35(15-3-1)57-47-23-9-8-18-39(47)43-28-34(25-26-48(43)57)38-19-10-20-40-41-21-11-22-42-44-30-51-45(31-50(44)59(54(38)40)55(41)42)53-37-17-7-5-13-33(37)29-46-52-36-16-6-4-12-32(36)24-27-49(52)58(51)56(46)53/h1-31H. The van der Waals surface area contributed by atoms with Gasteiger partial charge in [0.25, 0.3) is 0 Å². The van der Waals surface area contributed by atoms with Gasteiger partial charge in [-0.05, 0) is 81.7 Å². The number of benzene rings is 10. The number of hydrogen-bond acceptors (Lipinski definition) is 0. The molecule has 0 radical (unpaired) electrons. The van der Waals surface area contributed by atoms with Gasteiger partial charge in [0.05, 0.1) is 44.1 Å². The SMILES string of the molecule is c1ccc(-n2c3ccccc3c3cc(-c4cccc5c6cccc7c8cc9c(cc8n(c45)c76)c4c5ccccc5cc5c6c7ccccc7ccc6n9c54)ccc32)cc1. The molecule has 270 valence electrons. The highest BCUT2D eigenvalue weighted by Gasteiger charge is 2.25. The van der Waals surface area contributed by atoms with Crippen molar-refractivity contribution in [1.82, 2.24) is 13.4 Å². The van der Waals surface area contributed by atoms with Gasteiger partial charge in [-0.15, -0.1) is 0 Å². The molecule has 0 amide bonds. The van der Waals surface area contributed by atoms with Crippen LogP contribution in [0.25, 0.3) is 136 Å². The third-order valence-electron chi connectivity index (χ3n) is 13.6. The molecule has 3 nitrogen and oxygen atoms in total. The minimum absolute atomic E-state index is 1.17. The first-order valence-electron chi connectivity index (χ1n) is 20.5. The molecule has 0 aliphatic carbocycles. The summed E-state index contributed by atoms with van der Waals surface area (Å²) in [6.45, 7) is 0. The molecule has 0 saturated heterocycles. The van der Waals surface area contributed by atoms with Gasteiger partial charge < -0.3 is 13.4 Å². The van der Waals surface area contributed by atoms with Gasteiger partial charge in [0, 0.05) is 65.1 Å². The highest BCUT2D eigenvalue weighted by Crippen LogP contribution is 2.49. The Bertz CT molecular complexity index is 4290. The first-order valence-corrected chi connectivity index (χ1v) is 20.5. The smallest absolute Gasteiger partial charge is 0.0627 e. The van der Waals surface area contributed by atoms with Gasteiger partial charge in [-0.25, -0.2) is 0 Å². The predicted molar refractivity (Wildman–Crippen MR) is 251 cm³/mol. The van der Waals surface area contributed by atoms with Gasteiger partial charge in [0.2, 0.25) is 0 Å². The average Bonchev–Trinajstić information content (AvgIpc) is 4.08. The van der Waals surface area contributed by atoms with Crippen molar-refractivity contribution in [3.8, 4) is 16.8 Å². The molecule has 0 aliphatic rings. The third kappa shape index (κ3) is 3.62. The molecule has 0 unspecified atom stereocenters. The van der Waals surface area contributed by atoms with Gasteiger partial charge in [-0.3, -0.25) is 0 Å². The average molecular weight is 746 g/mol. The Hall–Kier alpha value is -7.88. The summed E-state index contributed by atoms with van der Waals surface area (Å²) < 4.78 is 7.55. The van der Waals surface area contributed by atoms with Gasteiger partial charge in [-0.1, -0.05) is 133 Å². The van der Waals surface area contributed by atoms with E-state index in [9.17, 15) is 0 Å². The second-order valence-corrected chi connectivity index (χ2v) is 16.4. The molecule has 3 heteroatoms. The Morgan fingerprint density at radius 1 is 0.271 bits per heavy atom. The molecule has 0 atom stereocenters. The van der Waals surface area contributed by atoms with Crippen molar-refractivity contribution >= 4 is 120 Å². The van der Waals surface area contributed by atoms with Gasteiger partial charge in [-0.2, -0.15) is 0 Å². The molecular weight excluding hydrogens is 715 g/mol. The molecule has 5 heterocycles. The van der Waals surface area contributed by atoms with Crippen molar-refractivity contribution in [1.29, 1.82) is 0 Å². The molecule has 0 aliphatic heterocycles. The Kier molecular flexibility index (Phi) is 5.41. The quantitative estimate of drug-likeness (QED) is 0.167. The monoisotopic (exact) mass is 745 g/mol. The van der Waals surface area contributed by atoms with Crippen molar-refractivity contribution in [2.24, 2.45) is 0 Å². The number of nitrogens with zero attached hydrogens (tertiary/aromatic N) is 3. The molecule has 0 fully saturated rings. The highest BCUT2D eigenvalue weighted by molar-refractivity contribution is 6.36. The van der Waals surface area contributed by atoms with Crippen LogP contribution in [0.3, 0.4) is 0 Å². The predicted octanol–water partition coefficient (Wildman–Crippen LogP) is 15.1. The minimum atomic E-state index is 1.17. The van der Waals surface area contributed by atoms with E-state index in [-0.39, 0.29) is 0 Å². The molecular formula is C56H31N3. The number of para-hydroxylation sites is 4. The zero-order valence-electron chi connectivity index (χ0n) is 31.7. The third-order valence-corrected chi connectivity index (χ3v) is 13.6. The van der Waals surface area contributed by atoms with Crippen LogP contribution in [-0.2, 0) is 0 Å². The van der Waals surface area contributed by atoms with Crippen molar-refractivity contribution in [3.63, 3.8) is 0 Å². The Morgan fingerprint density at radius 3 is 1.75 bits per heavy atom. The highest BCUT2D eigenvalue weighted by atomic mass is 15.0. The van der Waals surface area contributed by atoms with Crippen LogP contribution in [0.5, 0.6) is 0 Å². The van der Waals surface area contributed by atoms with E-state index in [1.807, 2.05) is 0 Å². The summed E-state index contributed by atoms with van der Waals surface area (Å²) in [7, 11) is 0. The number of fused-ring (bicyclic) bond motifs is 19. The molecule has 5 aromatic heterocycles. The van der Waals surface area contributed by atoms with E-state index < -0.39 is 0 Å². The van der Waals surface area contributed by atoms with Crippen LogP contribution in [0, 0.1) is 0 Å². The molecule has 0 bridgehead atoms. The maximum atomic E-state index is 2.59. The van der Waals surface area contributed by atoms with Gasteiger partial charge in [0.15, 0.2) is 0 Å². The summed E-state index contributed by atoms with van der Waals surface area (Å²) in [5, 5.41) is 18.1. The lowest BCUT2D eigenvalue weighted by Crippen LogP contribution is -1.93. The first kappa shape index (κ1) is 30.3. The summed E-state index contributed by atoms with van der Waals surface area (Å²) >= 11 is 0. The van der Waals surface area contributed by atoms with E-state index in [2.05, 4.69) is 201 Å². The van der Waals surface area contributed by atoms with Crippen LogP contribution in [0.2, 0.25) is 0 Å². The maximum Gasteiger partial charge on any atom is 0.0627 e. The van der Waals surface area contributed by atoms with Gasteiger partial charge in [0.1, 0.15) is 0 Å².